The van der Waals surface area contributed by atoms with Crippen LogP contribution in [0, 0.1) is 11.8 Å². The van der Waals surface area contributed by atoms with Crippen LogP contribution in [0.5, 0.6) is 0 Å². The third kappa shape index (κ3) is 3.23. The normalized spacial score (nSPS) is 28.5. The molecule has 1 aromatic carbocycles. The largest absolute Gasteiger partial charge is 0.465 e. The fourth-order valence-corrected chi connectivity index (χ4v) is 4.91. The number of esters is 1. The van der Waals surface area contributed by atoms with E-state index in [9.17, 15) is 4.79 Å². The van der Waals surface area contributed by atoms with Crippen LogP contribution in [0.15, 0.2) is 30.3 Å². The molecule has 0 amide bonds. The predicted molar refractivity (Wildman–Crippen MR) is 96.9 cm³/mol. The highest BCUT2D eigenvalue weighted by atomic mass is 16.5. The number of carbonyl (C=O) groups excluding carboxylic acids is 1. The standard InChI is InChI=1S/C21H31NO2/c1-3-22(4-2)13-8-14-24-20(23)21(18-9-6-5-7-10-18)16-17-11-12-19(21)15-17/h5-7,9-10,17,19H,3-4,8,11-16H2,1-2H3/t17-,19+,21?/m0/s1. The lowest BCUT2D eigenvalue weighted by Crippen LogP contribution is -2.42. The summed E-state index contributed by atoms with van der Waals surface area (Å²) in [4.78, 5) is 15.5. The van der Waals surface area contributed by atoms with Crippen molar-refractivity contribution in [3.63, 3.8) is 0 Å². The van der Waals surface area contributed by atoms with E-state index in [2.05, 4.69) is 43.0 Å². The summed E-state index contributed by atoms with van der Waals surface area (Å²) in [6.45, 7) is 8.01. The maximum atomic E-state index is 13.1. The van der Waals surface area contributed by atoms with Gasteiger partial charge in [0.15, 0.2) is 0 Å². The number of rotatable bonds is 8. The number of benzene rings is 1. The zero-order valence-corrected chi connectivity index (χ0v) is 15.2. The molecular weight excluding hydrogens is 298 g/mol. The summed E-state index contributed by atoms with van der Waals surface area (Å²) in [5, 5.41) is 0. The predicted octanol–water partition coefficient (Wildman–Crippen LogP) is 4.02. The zero-order chi connectivity index (χ0) is 17.0. The first-order valence-electron chi connectivity index (χ1n) is 9.65. The second-order valence-corrected chi connectivity index (χ2v) is 7.43. The smallest absolute Gasteiger partial charge is 0.316 e. The molecule has 2 aliphatic carbocycles. The van der Waals surface area contributed by atoms with Crippen LogP contribution in [0.25, 0.3) is 0 Å². The molecule has 0 aromatic heterocycles. The number of fused-ring (bicyclic) bond motifs is 2. The van der Waals surface area contributed by atoms with Crippen molar-refractivity contribution in [2.24, 2.45) is 11.8 Å². The van der Waals surface area contributed by atoms with Crippen molar-refractivity contribution in [1.82, 2.24) is 4.90 Å². The first kappa shape index (κ1) is 17.5. The number of ether oxygens (including phenoxy) is 1. The van der Waals surface area contributed by atoms with Crippen LogP contribution >= 0.6 is 0 Å². The Kier molecular flexibility index (Phi) is 5.60. The summed E-state index contributed by atoms with van der Waals surface area (Å²) >= 11 is 0. The van der Waals surface area contributed by atoms with Crippen LogP contribution in [0.3, 0.4) is 0 Å². The molecule has 24 heavy (non-hydrogen) atoms. The molecule has 3 atom stereocenters. The minimum absolute atomic E-state index is 0.0282. The third-order valence-electron chi connectivity index (χ3n) is 6.25. The molecule has 0 N–H and O–H groups in total. The molecule has 1 unspecified atom stereocenters. The fraction of sp³-hybridized carbons (Fsp3) is 0.667. The molecule has 3 rings (SSSR count). The average molecular weight is 329 g/mol. The van der Waals surface area contributed by atoms with Gasteiger partial charge in [-0.3, -0.25) is 4.79 Å². The van der Waals surface area contributed by atoms with Crippen molar-refractivity contribution in [1.29, 1.82) is 0 Å². The van der Waals surface area contributed by atoms with E-state index in [0.717, 1.165) is 32.5 Å². The molecule has 2 saturated carbocycles. The molecule has 3 heteroatoms. The minimum atomic E-state index is -0.376. The summed E-state index contributed by atoms with van der Waals surface area (Å²) in [6, 6.07) is 10.4. The number of hydrogen-bond acceptors (Lipinski definition) is 3. The summed E-state index contributed by atoms with van der Waals surface area (Å²) < 4.78 is 5.81. The van der Waals surface area contributed by atoms with Gasteiger partial charge in [0.2, 0.25) is 0 Å². The Bertz CT molecular complexity index is 540. The van der Waals surface area contributed by atoms with Gasteiger partial charge in [0, 0.05) is 6.54 Å². The van der Waals surface area contributed by atoms with Crippen molar-refractivity contribution < 1.29 is 9.53 Å². The molecule has 2 aliphatic rings. The first-order valence-corrected chi connectivity index (χ1v) is 9.65. The van der Waals surface area contributed by atoms with Gasteiger partial charge in [0.05, 0.1) is 12.0 Å². The molecule has 2 fully saturated rings. The van der Waals surface area contributed by atoms with Crippen molar-refractivity contribution in [2.45, 2.75) is 51.4 Å². The van der Waals surface area contributed by atoms with E-state index < -0.39 is 0 Å². The van der Waals surface area contributed by atoms with Gasteiger partial charge >= 0.3 is 5.97 Å². The van der Waals surface area contributed by atoms with Crippen LogP contribution in [-0.4, -0.2) is 37.1 Å². The summed E-state index contributed by atoms with van der Waals surface area (Å²) in [5.74, 6) is 1.21. The zero-order valence-electron chi connectivity index (χ0n) is 15.2. The third-order valence-corrected chi connectivity index (χ3v) is 6.25. The molecule has 0 spiro atoms. The topological polar surface area (TPSA) is 29.5 Å². The SMILES string of the molecule is CCN(CC)CCCOC(=O)C1(c2ccccc2)C[C@H]2CC[C@@H]1C2. The van der Waals surface area contributed by atoms with E-state index >= 15 is 0 Å². The van der Waals surface area contributed by atoms with Crippen molar-refractivity contribution in [3.8, 4) is 0 Å². The van der Waals surface area contributed by atoms with Gasteiger partial charge in [-0.2, -0.15) is 0 Å². The van der Waals surface area contributed by atoms with Gasteiger partial charge < -0.3 is 9.64 Å². The van der Waals surface area contributed by atoms with E-state index in [4.69, 9.17) is 4.74 Å². The maximum absolute atomic E-state index is 13.1. The van der Waals surface area contributed by atoms with Gasteiger partial charge in [0.1, 0.15) is 0 Å². The van der Waals surface area contributed by atoms with Gasteiger partial charge in [-0.25, -0.2) is 0 Å². The van der Waals surface area contributed by atoms with Gasteiger partial charge in [0.25, 0.3) is 0 Å². The molecule has 0 aliphatic heterocycles. The van der Waals surface area contributed by atoms with Gasteiger partial charge in [-0.1, -0.05) is 50.6 Å². The summed E-state index contributed by atoms with van der Waals surface area (Å²) in [5.41, 5.74) is 0.797. The Morgan fingerprint density at radius 2 is 1.96 bits per heavy atom. The van der Waals surface area contributed by atoms with Crippen LogP contribution in [0.2, 0.25) is 0 Å². The highest BCUT2D eigenvalue weighted by Crippen LogP contribution is 2.57. The van der Waals surface area contributed by atoms with Crippen LogP contribution in [-0.2, 0) is 14.9 Å². The van der Waals surface area contributed by atoms with Gasteiger partial charge in [-0.05, 0) is 56.2 Å². The molecule has 1 aromatic rings. The summed E-state index contributed by atoms with van der Waals surface area (Å²) in [6.07, 6.45) is 5.56. The van der Waals surface area contributed by atoms with Crippen LogP contribution in [0.4, 0.5) is 0 Å². The van der Waals surface area contributed by atoms with E-state index in [-0.39, 0.29) is 11.4 Å². The summed E-state index contributed by atoms with van der Waals surface area (Å²) in [7, 11) is 0. The van der Waals surface area contributed by atoms with Crippen molar-refractivity contribution in [2.75, 3.05) is 26.2 Å². The molecular formula is C21H31NO2. The molecule has 132 valence electrons. The Balaban J connectivity index is 1.65. The lowest BCUT2D eigenvalue weighted by molar-refractivity contribution is -0.153. The molecule has 0 heterocycles. The Morgan fingerprint density at radius 1 is 1.21 bits per heavy atom. The van der Waals surface area contributed by atoms with E-state index in [0.29, 0.717) is 18.4 Å². The fourth-order valence-electron chi connectivity index (χ4n) is 4.91. The van der Waals surface area contributed by atoms with Crippen LogP contribution in [0.1, 0.15) is 51.5 Å². The van der Waals surface area contributed by atoms with Crippen molar-refractivity contribution in [3.05, 3.63) is 35.9 Å². The highest BCUT2D eigenvalue weighted by Gasteiger charge is 2.57. The molecule has 2 bridgehead atoms. The monoisotopic (exact) mass is 329 g/mol. The van der Waals surface area contributed by atoms with E-state index in [1.165, 1.54) is 24.8 Å². The quantitative estimate of drug-likeness (QED) is 0.533. The number of nitrogens with zero attached hydrogens (tertiary/aromatic N) is 1. The average Bonchev–Trinajstić information content (AvgIpc) is 3.24. The number of hydrogen-bond donors (Lipinski definition) is 0. The Hall–Kier alpha value is -1.35. The Morgan fingerprint density at radius 3 is 2.54 bits per heavy atom. The Labute approximate surface area is 146 Å². The highest BCUT2D eigenvalue weighted by molar-refractivity contribution is 5.84. The lowest BCUT2D eigenvalue weighted by atomic mass is 9.68. The minimum Gasteiger partial charge on any atom is -0.465 e. The van der Waals surface area contributed by atoms with E-state index in [1.807, 2.05) is 6.07 Å². The molecule has 0 saturated heterocycles. The first-order chi connectivity index (χ1) is 11.7. The van der Waals surface area contributed by atoms with Gasteiger partial charge in [-0.15, -0.1) is 0 Å². The second kappa shape index (κ2) is 7.69. The second-order valence-electron chi connectivity index (χ2n) is 7.43. The molecule has 3 nitrogen and oxygen atoms in total. The number of carbonyl (C=O) groups is 1. The van der Waals surface area contributed by atoms with E-state index in [1.54, 1.807) is 0 Å². The molecule has 0 radical (unpaired) electrons. The van der Waals surface area contributed by atoms with Crippen LogP contribution < -0.4 is 0 Å². The van der Waals surface area contributed by atoms with Crippen molar-refractivity contribution >= 4 is 5.97 Å². The maximum Gasteiger partial charge on any atom is 0.316 e. The lowest BCUT2D eigenvalue weighted by Gasteiger charge is -2.36.